The maximum atomic E-state index is 13.8. The minimum Gasteiger partial charge on any atom is -0.488 e. The molecule has 0 saturated carbocycles. The number of pyridine rings is 1. The maximum Gasteiger partial charge on any atom is 0.408 e. The second kappa shape index (κ2) is 11.9. The Kier molecular flexibility index (Phi) is 8.72. The highest BCUT2D eigenvalue weighted by Crippen LogP contribution is 2.33. The number of ether oxygens (including phenoxy) is 2. The average Bonchev–Trinajstić information content (AvgIpc) is 3.56. The molecular formula is C31H37N3O6S. The van der Waals surface area contributed by atoms with Gasteiger partial charge < -0.3 is 24.8 Å². The van der Waals surface area contributed by atoms with Gasteiger partial charge in [-0.1, -0.05) is 57.2 Å². The minimum atomic E-state index is -1.13. The van der Waals surface area contributed by atoms with Crippen LogP contribution >= 0.6 is 11.3 Å². The summed E-state index contributed by atoms with van der Waals surface area (Å²) in [6.45, 7) is 10.7. The van der Waals surface area contributed by atoms with E-state index < -0.39 is 47.2 Å². The zero-order chi connectivity index (χ0) is 29.9. The smallest absolute Gasteiger partial charge is 0.408 e. The van der Waals surface area contributed by atoms with Crippen LogP contribution in [0.2, 0.25) is 0 Å². The summed E-state index contributed by atoms with van der Waals surface area (Å²) < 4.78 is 11.7. The summed E-state index contributed by atoms with van der Waals surface area (Å²) in [6, 6.07) is 15.2. The number of rotatable bonds is 7. The van der Waals surface area contributed by atoms with E-state index in [9.17, 15) is 19.5 Å². The Labute approximate surface area is 244 Å². The van der Waals surface area contributed by atoms with Gasteiger partial charge in [-0.2, -0.15) is 0 Å². The molecule has 9 nitrogen and oxygen atoms in total. The highest BCUT2D eigenvalue weighted by Gasteiger charge is 2.46. The van der Waals surface area contributed by atoms with Crippen molar-refractivity contribution in [2.45, 2.75) is 71.8 Å². The summed E-state index contributed by atoms with van der Waals surface area (Å²) in [5.41, 5.74) is 0.926. The second-order valence-corrected chi connectivity index (χ2v) is 13.1. The van der Waals surface area contributed by atoms with Crippen molar-refractivity contribution in [2.75, 3.05) is 6.54 Å². The average molecular weight is 580 g/mol. The quantitative estimate of drug-likeness (QED) is 0.361. The van der Waals surface area contributed by atoms with E-state index >= 15 is 0 Å². The fraction of sp³-hybridized carbons (Fsp3) is 0.419. The van der Waals surface area contributed by atoms with Crippen LogP contribution in [0, 0.1) is 5.41 Å². The molecule has 0 radical (unpaired) electrons. The highest BCUT2D eigenvalue weighted by atomic mass is 32.1. The first-order chi connectivity index (χ1) is 19.2. The lowest BCUT2D eigenvalue weighted by Gasteiger charge is -2.35. The molecule has 2 N–H and O–H groups in total. The molecule has 1 aromatic carbocycles. The number of carbonyl (C=O) groups is 3. The van der Waals surface area contributed by atoms with Crippen molar-refractivity contribution >= 4 is 29.3 Å². The number of hydrogen-bond donors (Lipinski definition) is 2. The van der Waals surface area contributed by atoms with Crippen LogP contribution in [0.4, 0.5) is 4.79 Å². The molecule has 3 aromatic rings. The van der Waals surface area contributed by atoms with E-state index in [1.165, 1.54) is 4.90 Å². The third-order valence-electron chi connectivity index (χ3n) is 6.55. The third-order valence-corrected chi connectivity index (χ3v) is 7.44. The lowest BCUT2D eigenvalue weighted by Crippen LogP contribution is -2.57. The number of aromatic nitrogens is 1. The number of carbonyl (C=O) groups excluding carboxylic acids is 2. The molecule has 1 unspecified atom stereocenters. The Morgan fingerprint density at radius 1 is 1.02 bits per heavy atom. The largest absolute Gasteiger partial charge is 0.488 e. The molecule has 0 aliphatic carbocycles. The molecule has 1 saturated heterocycles. The molecule has 1 aliphatic heterocycles. The van der Waals surface area contributed by atoms with Gasteiger partial charge in [0.15, 0.2) is 0 Å². The number of amides is 2. The van der Waals surface area contributed by atoms with E-state index in [0.29, 0.717) is 5.75 Å². The molecule has 218 valence electrons. The Bertz CT molecular complexity index is 1380. The van der Waals surface area contributed by atoms with Crippen molar-refractivity contribution in [3.05, 3.63) is 60.0 Å². The van der Waals surface area contributed by atoms with Crippen LogP contribution in [0.25, 0.3) is 21.8 Å². The summed E-state index contributed by atoms with van der Waals surface area (Å²) in [7, 11) is 0. The summed E-state index contributed by atoms with van der Waals surface area (Å²) in [4.78, 5) is 45.7. The van der Waals surface area contributed by atoms with E-state index in [-0.39, 0.29) is 13.0 Å². The van der Waals surface area contributed by atoms with E-state index in [0.717, 1.165) is 21.8 Å². The molecule has 2 aromatic heterocycles. The zero-order valence-corrected chi connectivity index (χ0v) is 25.0. The predicted octanol–water partition coefficient (Wildman–Crippen LogP) is 5.85. The number of thiophene rings is 1. The minimum absolute atomic E-state index is 0.0513. The van der Waals surface area contributed by atoms with E-state index in [4.69, 9.17) is 14.5 Å². The zero-order valence-electron chi connectivity index (χ0n) is 24.2. The summed E-state index contributed by atoms with van der Waals surface area (Å²) in [6.07, 6.45) is -1.22. The van der Waals surface area contributed by atoms with Crippen molar-refractivity contribution in [3.63, 3.8) is 0 Å². The molecule has 1 fully saturated rings. The molecule has 2 amide bonds. The summed E-state index contributed by atoms with van der Waals surface area (Å²) >= 11 is 1.56. The number of nitrogens with zero attached hydrogens (tertiary/aromatic N) is 2. The van der Waals surface area contributed by atoms with Gasteiger partial charge in [0, 0.05) is 24.1 Å². The van der Waals surface area contributed by atoms with E-state index in [1.54, 1.807) is 52.9 Å². The van der Waals surface area contributed by atoms with Gasteiger partial charge in [-0.25, -0.2) is 14.6 Å². The third kappa shape index (κ3) is 7.64. The molecule has 4 rings (SSSR count). The van der Waals surface area contributed by atoms with Crippen LogP contribution in [-0.2, 0) is 14.3 Å². The van der Waals surface area contributed by atoms with Crippen molar-refractivity contribution in [1.29, 1.82) is 0 Å². The van der Waals surface area contributed by atoms with E-state index in [1.807, 2.05) is 60.0 Å². The van der Waals surface area contributed by atoms with Crippen LogP contribution in [-0.4, -0.2) is 63.3 Å². The number of benzene rings is 1. The Morgan fingerprint density at radius 3 is 2.29 bits per heavy atom. The Hall–Kier alpha value is -3.92. The Balaban J connectivity index is 1.59. The van der Waals surface area contributed by atoms with Gasteiger partial charge in [0.2, 0.25) is 5.91 Å². The number of likely N-dealkylation sites (tertiary alicyclic amines) is 1. The van der Waals surface area contributed by atoms with Gasteiger partial charge in [0.05, 0.1) is 22.8 Å². The van der Waals surface area contributed by atoms with Gasteiger partial charge in [0.25, 0.3) is 0 Å². The number of aliphatic carboxylic acids is 1. The molecule has 3 heterocycles. The predicted molar refractivity (Wildman–Crippen MR) is 158 cm³/mol. The van der Waals surface area contributed by atoms with Gasteiger partial charge >= 0.3 is 12.1 Å². The number of hydrogen-bond acceptors (Lipinski definition) is 7. The second-order valence-electron chi connectivity index (χ2n) is 12.2. The van der Waals surface area contributed by atoms with Gasteiger partial charge in [-0.15, -0.1) is 11.3 Å². The monoisotopic (exact) mass is 579 g/mol. The number of alkyl carbamates (subject to hydrolysis) is 1. The number of carboxylic acid groups (broad SMARTS) is 1. The summed E-state index contributed by atoms with van der Waals surface area (Å²) in [5, 5.41) is 14.7. The van der Waals surface area contributed by atoms with Crippen molar-refractivity contribution in [2.24, 2.45) is 5.41 Å². The van der Waals surface area contributed by atoms with Crippen LogP contribution in [0.15, 0.2) is 60.0 Å². The molecule has 10 heteroatoms. The lowest BCUT2D eigenvalue weighted by molar-refractivity contribution is -0.150. The van der Waals surface area contributed by atoms with Gasteiger partial charge in [0.1, 0.15) is 29.5 Å². The topological polar surface area (TPSA) is 118 Å². The van der Waals surface area contributed by atoms with Crippen molar-refractivity contribution < 1.29 is 29.0 Å². The van der Waals surface area contributed by atoms with E-state index in [2.05, 4.69) is 5.32 Å². The molecule has 3 atom stereocenters. The highest BCUT2D eigenvalue weighted by molar-refractivity contribution is 7.13. The first kappa shape index (κ1) is 30.0. The van der Waals surface area contributed by atoms with Crippen LogP contribution in [0.3, 0.4) is 0 Å². The van der Waals surface area contributed by atoms with Crippen molar-refractivity contribution in [1.82, 2.24) is 15.2 Å². The van der Waals surface area contributed by atoms with Crippen LogP contribution in [0.5, 0.6) is 5.75 Å². The normalized spacial score (nSPS) is 18.0. The Morgan fingerprint density at radius 2 is 1.71 bits per heavy atom. The molecule has 1 aliphatic rings. The standard InChI is InChI=1S/C31H37N3O6S/c1-30(2,3)26(33-29(38)40-31(4,5)6)27(35)34-18-21(17-24(34)28(36)37)39-20-15-22(19-11-8-7-9-12-19)32-23(16-20)25-13-10-14-41-25/h7-16,21,24,26H,17-18H2,1-6H3,(H,33,38)(H,36,37)/t21?,24-,26+/m0/s1. The lowest BCUT2D eigenvalue weighted by atomic mass is 9.85. The number of nitrogens with one attached hydrogen (secondary N) is 1. The summed E-state index contributed by atoms with van der Waals surface area (Å²) in [5.74, 6) is -1.10. The van der Waals surface area contributed by atoms with Crippen molar-refractivity contribution in [3.8, 4) is 27.6 Å². The molecular weight excluding hydrogens is 542 g/mol. The SMILES string of the molecule is CC(C)(C)OC(=O)N[C@H](C(=O)N1CC(Oc2cc(-c3ccccc3)nc(-c3cccs3)c2)C[C@H]1C(=O)O)C(C)(C)C. The number of carboxylic acids is 1. The fourth-order valence-electron chi connectivity index (χ4n) is 4.67. The maximum absolute atomic E-state index is 13.8. The van der Waals surface area contributed by atoms with Crippen LogP contribution in [0.1, 0.15) is 48.0 Å². The first-order valence-corrected chi connectivity index (χ1v) is 14.4. The van der Waals surface area contributed by atoms with Crippen LogP contribution < -0.4 is 10.1 Å². The van der Waals surface area contributed by atoms with Gasteiger partial charge in [-0.3, -0.25) is 4.79 Å². The molecule has 0 spiro atoms. The van der Waals surface area contributed by atoms with Gasteiger partial charge in [-0.05, 0) is 37.6 Å². The fourth-order valence-corrected chi connectivity index (χ4v) is 5.36. The first-order valence-electron chi connectivity index (χ1n) is 13.5. The molecule has 41 heavy (non-hydrogen) atoms. The molecule has 0 bridgehead atoms.